The van der Waals surface area contributed by atoms with Crippen molar-refractivity contribution in [1.29, 1.82) is 0 Å². The number of nitrogens with zero attached hydrogens (tertiary/aromatic N) is 1. The molecule has 0 amide bonds. The summed E-state index contributed by atoms with van der Waals surface area (Å²) in [6, 6.07) is 5.35. The largest absolute Gasteiger partial charge is 0.379 e. The van der Waals surface area contributed by atoms with Crippen LogP contribution < -0.4 is 5.32 Å². The van der Waals surface area contributed by atoms with Gasteiger partial charge in [0.15, 0.2) is 0 Å². The SMILES string of the molecule is CCC(C)CNc1cccc(C)c1[N+](=O)[O-]. The molecule has 1 rings (SSSR count). The van der Waals surface area contributed by atoms with E-state index in [1.54, 1.807) is 19.1 Å². The van der Waals surface area contributed by atoms with Gasteiger partial charge in [0.2, 0.25) is 0 Å². The first kappa shape index (κ1) is 12.5. The highest BCUT2D eigenvalue weighted by molar-refractivity contribution is 5.64. The molecule has 0 fully saturated rings. The van der Waals surface area contributed by atoms with E-state index in [2.05, 4.69) is 19.2 Å². The third-order valence-electron chi connectivity index (χ3n) is 2.76. The highest BCUT2D eigenvalue weighted by Crippen LogP contribution is 2.27. The highest BCUT2D eigenvalue weighted by Gasteiger charge is 2.16. The van der Waals surface area contributed by atoms with E-state index in [9.17, 15) is 10.1 Å². The summed E-state index contributed by atoms with van der Waals surface area (Å²) in [7, 11) is 0. The number of benzene rings is 1. The van der Waals surface area contributed by atoms with Gasteiger partial charge in [-0.05, 0) is 18.9 Å². The quantitative estimate of drug-likeness (QED) is 0.614. The van der Waals surface area contributed by atoms with Crippen LogP contribution in [0.1, 0.15) is 25.8 Å². The Morgan fingerprint density at radius 2 is 2.19 bits per heavy atom. The molecule has 0 saturated heterocycles. The number of nitro benzene ring substituents is 1. The van der Waals surface area contributed by atoms with Gasteiger partial charge in [0.1, 0.15) is 5.69 Å². The third-order valence-corrected chi connectivity index (χ3v) is 2.76. The topological polar surface area (TPSA) is 55.2 Å². The minimum absolute atomic E-state index is 0.186. The van der Waals surface area contributed by atoms with E-state index in [1.165, 1.54) is 0 Å². The summed E-state index contributed by atoms with van der Waals surface area (Å²) in [5, 5.41) is 14.1. The Bertz CT molecular complexity index is 377. The standard InChI is InChI=1S/C12H18N2O2/c1-4-9(2)8-13-11-7-5-6-10(3)12(11)14(15)16/h5-7,9,13H,4,8H2,1-3H3. The Kier molecular flexibility index (Phi) is 4.28. The van der Waals surface area contributed by atoms with Crippen LogP contribution in [0.3, 0.4) is 0 Å². The van der Waals surface area contributed by atoms with Crippen molar-refractivity contribution in [2.24, 2.45) is 5.92 Å². The van der Waals surface area contributed by atoms with Gasteiger partial charge in [0, 0.05) is 12.1 Å². The van der Waals surface area contributed by atoms with Crippen LogP contribution in [0.25, 0.3) is 0 Å². The minimum atomic E-state index is -0.325. The molecule has 16 heavy (non-hydrogen) atoms. The lowest BCUT2D eigenvalue weighted by molar-refractivity contribution is -0.384. The molecule has 0 heterocycles. The van der Waals surface area contributed by atoms with Crippen LogP contribution in [0.5, 0.6) is 0 Å². The first-order valence-corrected chi connectivity index (χ1v) is 5.54. The fraction of sp³-hybridized carbons (Fsp3) is 0.500. The maximum absolute atomic E-state index is 10.9. The first-order valence-electron chi connectivity index (χ1n) is 5.54. The van der Waals surface area contributed by atoms with E-state index in [-0.39, 0.29) is 10.6 Å². The second-order valence-electron chi connectivity index (χ2n) is 4.12. The number of para-hydroxylation sites is 1. The molecule has 0 aliphatic rings. The molecule has 0 aliphatic heterocycles. The lowest BCUT2D eigenvalue weighted by atomic mass is 10.1. The molecule has 4 nitrogen and oxygen atoms in total. The molecular formula is C12H18N2O2. The van der Waals surface area contributed by atoms with Crippen molar-refractivity contribution in [1.82, 2.24) is 0 Å². The smallest absolute Gasteiger partial charge is 0.295 e. The maximum atomic E-state index is 10.9. The van der Waals surface area contributed by atoms with Crippen molar-refractivity contribution in [3.05, 3.63) is 33.9 Å². The molecule has 88 valence electrons. The van der Waals surface area contributed by atoms with Crippen LogP contribution in [-0.4, -0.2) is 11.5 Å². The van der Waals surface area contributed by atoms with Gasteiger partial charge >= 0.3 is 0 Å². The predicted molar refractivity (Wildman–Crippen MR) is 65.8 cm³/mol. The molecule has 4 heteroatoms. The van der Waals surface area contributed by atoms with Gasteiger partial charge in [0.05, 0.1) is 4.92 Å². The highest BCUT2D eigenvalue weighted by atomic mass is 16.6. The average Bonchev–Trinajstić information content (AvgIpc) is 2.25. The van der Waals surface area contributed by atoms with Crippen molar-refractivity contribution in [3.63, 3.8) is 0 Å². The zero-order chi connectivity index (χ0) is 12.1. The average molecular weight is 222 g/mol. The molecule has 1 unspecified atom stereocenters. The van der Waals surface area contributed by atoms with E-state index in [0.29, 0.717) is 17.2 Å². The molecule has 0 spiro atoms. The van der Waals surface area contributed by atoms with E-state index >= 15 is 0 Å². The second kappa shape index (κ2) is 5.49. The van der Waals surface area contributed by atoms with Crippen molar-refractivity contribution < 1.29 is 4.92 Å². The van der Waals surface area contributed by atoms with Crippen LogP contribution >= 0.6 is 0 Å². The molecule has 0 bridgehead atoms. The number of anilines is 1. The number of hydrogen-bond donors (Lipinski definition) is 1. The van der Waals surface area contributed by atoms with Crippen molar-refractivity contribution >= 4 is 11.4 Å². The number of nitro groups is 1. The minimum Gasteiger partial charge on any atom is -0.379 e. The Labute approximate surface area is 95.8 Å². The van der Waals surface area contributed by atoms with Crippen LogP contribution in [-0.2, 0) is 0 Å². The fourth-order valence-corrected chi connectivity index (χ4v) is 1.47. The maximum Gasteiger partial charge on any atom is 0.295 e. The van der Waals surface area contributed by atoms with Gasteiger partial charge in [-0.15, -0.1) is 0 Å². The number of nitrogens with one attached hydrogen (secondary N) is 1. The molecule has 1 aromatic rings. The zero-order valence-electron chi connectivity index (χ0n) is 9.99. The Balaban J connectivity index is 2.87. The molecule has 0 aromatic heterocycles. The van der Waals surface area contributed by atoms with Crippen LogP contribution in [0.15, 0.2) is 18.2 Å². The van der Waals surface area contributed by atoms with Crippen molar-refractivity contribution in [2.75, 3.05) is 11.9 Å². The first-order chi connectivity index (χ1) is 7.56. The zero-order valence-corrected chi connectivity index (χ0v) is 9.99. The Morgan fingerprint density at radius 3 is 2.75 bits per heavy atom. The van der Waals surface area contributed by atoms with Crippen LogP contribution in [0, 0.1) is 23.0 Å². The number of rotatable bonds is 5. The summed E-state index contributed by atoms with van der Waals surface area (Å²) in [4.78, 5) is 10.6. The summed E-state index contributed by atoms with van der Waals surface area (Å²) in [5.41, 5.74) is 1.50. The van der Waals surface area contributed by atoms with E-state index in [0.717, 1.165) is 13.0 Å². The van der Waals surface area contributed by atoms with Gasteiger partial charge in [-0.1, -0.05) is 32.4 Å². The van der Waals surface area contributed by atoms with Crippen LogP contribution in [0.2, 0.25) is 0 Å². The van der Waals surface area contributed by atoms with Gasteiger partial charge < -0.3 is 5.32 Å². The Hall–Kier alpha value is -1.58. The monoisotopic (exact) mass is 222 g/mol. The summed E-state index contributed by atoms with van der Waals surface area (Å²) >= 11 is 0. The van der Waals surface area contributed by atoms with Crippen molar-refractivity contribution in [2.45, 2.75) is 27.2 Å². The summed E-state index contributed by atoms with van der Waals surface area (Å²) in [5.74, 6) is 0.514. The summed E-state index contributed by atoms with van der Waals surface area (Å²) in [6.45, 7) is 6.75. The summed E-state index contributed by atoms with van der Waals surface area (Å²) < 4.78 is 0. The van der Waals surface area contributed by atoms with Gasteiger partial charge in [0.25, 0.3) is 5.69 Å². The third kappa shape index (κ3) is 2.95. The molecule has 1 aromatic carbocycles. The lowest BCUT2D eigenvalue weighted by Crippen LogP contribution is -2.11. The number of aryl methyl sites for hydroxylation is 1. The molecule has 1 N–H and O–H groups in total. The molecule has 0 aliphatic carbocycles. The van der Waals surface area contributed by atoms with E-state index in [1.807, 2.05) is 6.07 Å². The number of hydrogen-bond acceptors (Lipinski definition) is 3. The normalized spacial score (nSPS) is 12.2. The fourth-order valence-electron chi connectivity index (χ4n) is 1.47. The Morgan fingerprint density at radius 1 is 1.50 bits per heavy atom. The van der Waals surface area contributed by atoms with Gasteiger partial charge in [-0.2, -0.15) is 0 Å². The predicted octanol–water partition coefficient (Wildman–Crippen LogP) is 3.36. The molecule has 0 saturated carbocycles. The second-order valence-corrected chi connectivity index (χ2v) is 4.12. The van der Waals surface area contributed by atoms with Crippen LogP contribution in [0.4, 0.5) is 11.4 Å². The van der Waals surface area contributed by atoms with Gasteiger partial charge in [-0.25, -0.2) is 0 Å². The lowest BCUT2D eigenvalue weighted by Gasteiger charge is -2.12. The summed E-state index contributed by atoms with van der Waals surface area (Å²) in [6.07, 6.45) is 1.06. The van der Waals surface area contributed by atoms with E-state index < -0.39 is 0 Å². The molecule has 0 radical (unpaired) electrons. The van der Waals surface area contributed by atoms with Gasteiger partial charge in [-0.3, -0.25) is 10.1 Å². The van der Waals surface area contributed by atoms with E-state index in [4.69, 9.17) is 0 Å². The molecule has 1 atom stereocenters. The van der Waals surface area contributed by atoms with Crippen molar-refractivity contribution in [3.8, 4) is 0 Å². The molecular weight excluding hydrogens is 204 g/mol.